The van der Waals surface area contributed by atoms with Crippen molar-refractivity contribution >= 4 is 27.3 Å². The standard InChI is InChI=1S/C20H20FN5O2S/c21-16-8-4-5-9-17(16)25-10-12-26(13-11-25)20-23-14-18(19(22)24-20)29(27,28)15-6-2-1-3-7-15/h1-9,14H,10-13H2,(H2,22,23,24). The van der Waals surface area contributed by atoms with Gasteiger partial charge in [-0.2, -0.15) is 4.98 Å². The fourth-order valence-corrected chi connectivity index (χ4v) is 4.60. The second-order valence-electron chi connectivity index (χ2n) is 6.66. The summed E-state index contributed by atoms with van der Waals surface area (Å²) in [7, 11) is -3.79. The number of halogens is 1. The molecule has 1 aromatic heterocycles. The Morgan fingerprint density at radius 2 is 1.52 bits per heavy atom. The van der Waals surface area contributed by atoms with Crippen LogP contribution in [0.25, 0.3) is 0 Å². The topological polar surface area (TPSA) is 92.4 Å². The van der Waals surface area contributed by atoms with Gasteiger partial charge in [-0.1, -0.05) is 30.3 Å². The first-order valence-electron chi connectivity index (χ1n) is 9.14. The minimum atomic E-state index is -3.79. The van der Waals surface area contributed by atoms with Crippen LogP contribution in [-0.4, -0.2) is 44.6 Å². The van der Waals surface area contributed by atoms with Crippen molar-refractivity contribution in [1.82, 2.24) is 9.97 Å². The minimum Gasteiger partial charge on any atom is -0.382 e. The molecule has 0 spiro atoms. The van der Waals surface area contributed by atoms with Gasteiger partial charge in [0.05, 0.1) is 16.8 Å². The van der Waals surface area contributed by atoms with E-state index in [4.69, 9.17) is 5.73 Å². The van der Waals surface area contributed by atoms with Gasteiger partial charge in [-0.3, -0.25) is 0 Å². The molecule has 1 fully saturated rings. The van der Waals surface area contributed by atoms with Gasteiger partial charge >= 0.3 is 0 Å². The third kappa shape index (κ3) is 3.73. The van der Waals surface area contributed by atoms with Crippen molar-refractivity contribution in [3.8, 4) is 0 Å². The maximum Gasteiger partial charge on any atom is 0.227 e. The average molecular weight is 413 g/mol. The SMILES string of the molecule is Nc1nc(N2CCN(c3ccccc3F)CC2)ncc1S(=O)(=O)c1ccccc1. The van der Waals surface area contributed by atoms with Crippen molar-refractivity contribution in [2.75, 3.05) is 41.7 Å². The van der Waals surface area contributed by atoms with Gasteiger partial charge in [-0.25, -0.2) is 17.8 Å². The number of hydrogen-bond donors (Lipinski definition) is 1. The molecule has 1 saturated heterocycles. The van der Waals surface area contributed by atoms with Gasteiger partial charge < -0.3 is 15.5 Å². The molecule has 3 aromatic rings. The molecule has 9 heteroatoms. The smallest absolute Gasteiger partial charge is 0.227 e. The van der Waals surface area contributed by atoms with Crippen molar-refractivity contribution < 1.29 is 12.8 Å². The highest BCUT2D eigenvalue weighted by molar-refractivity contribution is 7.91. The van der Waals surface area contributed by atoms with Crippen molar-refractivity contribution in [2.45, 2.75) is 9.79 Å². The summed E-state index contributed by atoms with van der Waals surface area (Å²) in [6.45, 7) is 2.32. The van der Waals surface area contributed by atoms with Gasteiger partial charge in [0.15, 0.2) is 0 Å². The number of piperazine rings is 1. The summed E-state index contributed by atoms with van der Waals surface area (Å²) < 4.78 is 39.5. The third-order valence-corrected chi connectivity index (χ3v) is 6.66. The molecule has 1 aliphatic heterocycles. The quantitative estimate of drug-likeness (QED) is 0.702. The molecule has 0 atom stereocenters. The molecular weight excluding hydrogens is 393 g/mol. The van der Waals surface area contributed by atoms with E-state index in [1.807, 2.05) is 9.80 Å². The molecule has 2 heterocycles. The Hall–Kier alpha value is -3.20. The van der Waals surface area contributed by atoms with Crippen LogP contribution in [0.4, 0.5) is 21.8 Å². The van der Waals surface area contributed by atoms with E-state index in [2.05, 4.69) is 9.97 Å². The highest BCUT2D eigenvalue weighted by atomic mass is 32.2. The molecule has 0 saturated carbocycles. The zero-order valence-corrected chi connectivity index (χ0v) is 16.4. The first-order valence-corrected chi connectivity index (χ1v) is 10.6. The summed E-state index contributed by atoms with van der Waals surface area (Å²) in [5.41, 5.74) is 6.54. The summed E-state index contributed by atoms with van der Waals surface area (Å²) in [5.74, 6) is 0.0231. The fourth-order valence-electron chi connectivity index (χ4n) is 3.32. The van der Waals surface area contributed by atoms with Crippen LogP contribution in [0, 0.1) is 5.82 Å². The Balaban J connectivity index is 1.52. The Morgan fingerprint density at radius 1 is 0.897 bits per heavy atom. The highest BCUT2D eigenvalue weighted by Crippen LogP contribution is 2.26. The van der Waals surface area contributed by atoms with Crippen molar-refractivity contribution in [3.05, 3.63) is 66.6 Å². The third-order valence-electron chi connectivity index (χ3n) is 4.87. The molecular formula is C20H20FN5O2S. The van der Waals surface area contributed by atoms with Gasteiger partial charge in [0, 0.05) is 26.2 Å². The maximum absolute atomic E-state index is 14.0. The lowest BCUT2D eigenvalue weighted by molar-refractivity contribution is 0.592. The second-order valence-corrected chi connectivity index (χ2v) is 8.58. The summed E-state index contributed by atoms with van der Waals surface area (Å²) in [4.78, 5) is 12.4. The average Bonchev–Trinajstić information content (AvgIpc) is 2.75. The van der Waals surface area contributed by atoms with Crippen LogP contribution < -0.4 is 15.5 Å². The molecule has 0 radical (unpaired) electrons. The van der Waals surface area contributed by atoms with Crippen LogP contribution in [0.2, 0.25) is 0 Å². The normalized spacial score (nSPS) is 14.8. The molecule has 2 aromatic carbocycles. The minimum absolute atomic E-state index is 0.0876. The van der Waals surface area contributed by atoms with Crippen LogP contribution in [0.5, 0.6) is 0 Å². The van der Waals surface area contributed by atoms with E-state index in [9.17, 15) is 12.8 Å². The largest absolute Gasteiger partial charge is 0.382 e. The molecule has 0 bridgehead atoms. The number of sulfone groups is 1. The zero-order chi connectivity index (χ0) is 20.4. The summed E-state index contributed by atoms with van der Waals surface area (Å²) in [5, 5.41) is 0. The summed E-state index contributed by atoms with van der Waals surface area (Å²) in [6, 6.07) is 14.7. The molecule has 7 nitrogen and oxygen atoms in total. The van der Waals surface area contributed by atoms with E-state index in [1.165, 1.54) is 24.4 Å². The second kappa shape index (κ2) is 7.67. The number of aromatic nitrogens is 2. The van der Waals surface area contributed by atoms with E-state index in [0.717, 1.165) is 0 Å². The number of benzene rings is 2. The predicted octanol–water partition coefficient (Wildman–Crippen LogP) is 2.36. The first-order chi connectivity index (χ1) is 14.0. The van der Waals surface area contributed by atoms with E-state index in [-0.39, 0.29) is 21.4 Å². The number of anilines is 3. The Labute approximate surface area is 168 Å². The number of nitrogens with two attached hydrogens (primary N) is 1. The predicted molar refractivity (Wildman–Crippen MR) is 109 cm³/mol. The molecule has 1 aliphatic rings. The van der Waals surface area contributed by atoms with Crippen molar-refractivity contribution in [3.63, 3.8) is 0 Å². The van der Waals surface area contributed by atoms with Gasteiger partial charge in [0.1, 0.15) is 16.5 Å². The van der Waals surface area contributed by atoms with Crippen LogP contribution >= 0.6 is 0 Å². The number of rotatable bonds is 4. The molecule has 0 amide bonds. The van der Waals surface area contributed by atoms with E-state index < -0.39 is 9.84 Å². The summed E-state index contributed by atoms with van der Waals surface area (Å²) in [6.07, 6.45) is 1.25. The first kappa shape index (κ1) is 19.1. The fraction of sp³-hybridized carbons (Fsp3) is 0.200. The number of para-hydroxylation sites is 1. The highest BCUT2D eigenvalue weighted by Gasteiger charge is 2.25. The molecule has 2 N–H and O–H groups in total. The Kier molecular flexibility index (Phi) is 5.06. The van der Waals surface area contributed by atoms with Crippen molar-refractivity contribution in [1.29, 1.82) is 0 Å². The molecule has 0 aliphatic carbocycles. The number of hydrogen-bond acceptors (Lipinski definition) is 7. The van der Waals surface area contributed by atoms with E-state index in [0.29, 0.717) is 37.8 Å². The number of nitrogens with zero attached hydrogens (tertiary/aromatic N) is 4. The van der Waals surface area contributed by atoms with Crippen LogP contribution in [0.3, 0.4) is 0 Å². The lowest BCUT2D eigenvalue weighted by Gasteiger charge is -2.36. The lowest BCUT2D eigenvalue weighted by atomic mass is 10.2. The maximum atomic E-state index is 14.0. The molecule has 0 unspecified atom stereocenters. The van der Waals surface area contributed by atoms with Gasteiger partial charge in [0.2, 0.25) is 15.8 Å². The zero-order valence-electron chi connectivity index (χ0n) is 15.6. The van der Waals surface area contributed by atoms with Crippen LogP contribution in [0.1, 0.15) is 0 Å². The molecule has 29 heavy (non-hydrogen) atoms. The lowest BCUT2D eigenvalue weighted by Crippen LogP contribution is -2.47. The molecule has 4 rings (SSSR count). The van der Waals surface area contributed by atoms with Gasteiger partial charge in [0.25, 0.3) is 0 Å². The number of nitrogen functional groups attached to an aromatic ring is 1. The Bertz CT molecular complexity index is 1120. The van der Waals surface area contributed by atoms with E-state index in [1.54, 1.807) is 36.4 Å². The monoisotopic (exact) mass is 413 g/mol. The van der Waals surface area contributed by atoms with Crippen LogP contribution in [-0.2, 0) is 9.84 Å². The van der Waals surface area contributed by atoms with E-state index >= 15 is 0 Å². The summed E-state index contributed by atoms with van der Waals surface area (Å²) >= 11 is 0. The van der Waals surface area contributed by atoms with Gasteiger partial charge in [-0.05, 0) is 24.3 Å². The van der Waals surface area contributed by atoms with Crippen LogP contribution in [0.15, 0.2) is 70.6 Å². The molecule has 150 valence electrons. The Morgan fingerprint density at radius 3 is 2.17 bits per heavy atom. The van der Waals surface area contributed by atoms with Crippen molar-refractivity contribution in [2.24, 2.45) is 0 Å². The van der Waals surface area contributed by atoms with Gasteiger partial charge in [-0.15, -0.1) is 0 Å².